The van der Waals surface area contributed by atoms with Crippen molar-refractivity contribution in [3.05, 3.63) is 106 Å². The van der Waals surface area contributed by atoms with Crippen LogP contribution in [-0.2, 0) is 5.41 Å². The fourth-order valence-electron chi connectivity index (χ4n) is 4.65. The van der Waals surface area contributed by atoms with Gasteiger partial charge in [0, 0.05) is 5.41 Å². The van der Waals surface area contributed by atoms with Crippen LogP contribution in [0.3, 0.4) is 0 Å². The maximum absolute atomic E-state index is 3.48. The van der Waals surface area contributed by atoms with E-state index < -0.39 is 0 Å². The van der Waals surface area contributed by atoms with Crippen LogP contribution in [0.4, 0.5) is 0 Å². The average Bonchev–Trinajstić information content (AvgIpc) is 3.02. The largest absolute Gasteiger partial charge is 0.0687 e. The SMILES string of the molecule is C=C=C=C=C=C=C=CC1(CCCCCCCC)c2cc(C)ccc2-c2ccc(C)cc21. The second kappa shape index (κ2) is 10.8. The Morgan fingerprint density at radius 1 is 0.774 bits per heavy atom. The minimum atomic E-state index is -0.180. The molecule has 3 rings (SSSR count). The highest BCUT2D eigenvalue weighted by Gasteiger charge is 2.41. The predicted octanol–water partition coefficient (Wildman–Crippen LogP) is 8.44. The quantitative estimate of drug-likeness (QED) is 0.306. The predicted molar refractivity (Wildman–Crippen MR) is 131 cm³/mol. The van der Waals surface area contributed by atoms with Gasteiger partial charge in [0.25, 0.3) is 0 Å². The summed E-state index contributed by atoms with van der Waals surface area (Å²) in [4.78, 5) is 0. The first kappa shape index (κ1) is 22.5. The van der Waals surface area contributed by atoms with Gasteiger partial charge in [0.1, 0.15) is 0 Å². The number of fused-ring (bicyclic) bond motifs is 3. The molecule has 0 atom stereocenters. The first-order valence-electron chi connectivity index (χ1n) is 11.5. The van der Waals surface area contributed by atoms with Crippen molar-refractivity contribution in [3.8, 4) is 11.1 Å². The molecule has 0 aromatic heterocycles. The van der Waals surface area contributed by atoms with Gasteiger partial charge in [-0.1, -0.05) is 104 Å². The van der Waals surface area contributed by atoms with Gasteiger partial charge < -0.3 is 0 Å². The maximum Gasteiger partial charge on any atom is 0.0475 e. The Kier molecular flexibility index (Phi) is 7.82. The molecule has 0 bridgehead atoms. The van der Waals surface area contributed by atoms with Crippen LogP contribution in [-0.4, -0.2) is 0 Å². The Bertz CT molecular complexity index is 1120. The van der Waals surface area contributed by atoms with E-state index in [-0.39, 0.29) is 5.41 Å². The van der Waals surface area contributed by atoms with Crippen molar-refractivity contribution in [1.29, 1.82) is 0 Å². The lowest BCUT2D eigenvalue weighted by atomic mass is 9.73. The number of unbranched alkanes of at least 4 members (excludes halogenated alkanes) is 5. The Hall–Kier alpha value is -3.14. The fraction of sp³-hybridized carbons (Fsp3) is 0.355. The smallest absolute Gasteiger partial charge is 0.0475 e. The number of aryl methyl sites for hydroxylation is 2. The van der Waals surface area contributed by atoms with E-state index in [0.717, 1.165) is 6.42 Å². The molecule has 0 N–H and O–H groups in total. The molecule has 31 heavy (non-hydrogen) atoms. The van der Waals surface area contributed by atoms with Gasteiger partial charge in [-0.3, -0.25) is 0 Å². The van der Waals surface area contributed by atoms with E-state index in [2.05, 4.69) is 104 Å². The van der Waals surface area contributed by atoms with E-state index in [1.54, 1.807) is 0 Å². The highest BCUT2D eigenvalue weighted by molar-refractivity contribution is 5.83. The summed E-state index contributed by atoms with van der Waals surface area (Å²) in [6.45, 7) is 10.1. The van der Waals surface area contributed by atoms with Gasteiger partial charge >= 0.3 is 0 Å². The zero-order valence-corrected chi connectivity index (χ0v) is 19.2. The summed E-state index contributed by atoms with van der Waals surface area (Å²) in [7, 11) is 0. The Morgan fingerprint density at radius 2 is 1.35 bits per heavy atom. The van der Waals surface area contributed by atoms with Crippen molar-refractivity contribution in [3.63, 3.8) is 0 Å². The lowest BCUT2D eigenvalue weighted by Crippen LogP contribution is -2.22. The topological polar surface area (TPSA) is 0 Å². The summed E-state index contributed by atoms with van der Waals surface area (Å²) >= 11 is 0. The van der Waals surface area contributed by atoms with Crippen molar-refractivity contribution < 1.29 is 0 Å². The van der Waals surface area contributed by atoms with Crippen LogP contribution in [0.15, 0.2) is 83.4 Å². The normalized spacial score (nSPS) is 12.2. The molecule has 0 saturated heterocycles. The highest BCUT2D eigenvalue weighted by Crippen LogP contribution is 2.52. The van der Waals surface area contributed by atoms with Crippen molar-refractivity contribution in [2.75, 3.05) is 0 Å². The van der Waals surface area contributed by atoms with Gasteiger partial charge in [-0.2, -0.15) is 0 Å². The number of rotatable bonds is 8. The minimum Gasteiger partial charge on any atom is -0.0687 e. The molecule has 0 radical (unpaired) electrons. The molecule has 0 amide bonds. The monoisotopic (exact) mass is 404 g/mol. The fourth-order valence-corrected chi connectivity index (χ4v) is 4.65. The lowest BCUT2D eigenvalue weighted by Gasteiger charge is -2.28. The van der Waals surface area contributed by atoms with Crippen LogP contribution >= 0.6 is 0 Å². The molecule has 0 unspecified atom stereocenters. The molecule has 1 aliphatic carbocycles. The van der Waals surface area contributed by atoms with Crippen LogP contribution in [0.2, 0.25) is 0 Å². The van der Waals surface area contributed by atoms with Crippen molar-refractivity contribution >= 4 is 0 Å². The Morgan fingerprint density at radius 3 is 1.97 bits per heavy atom. The third-order valence-corrected chi connectivity index (χ3v) is 6.19. The van der Waals surface area contributed by atoms with Crippen LogP contribution in [0.5, 0.6) is 0 Å². The van der Waals surface area contributed by atoms with Gasteiger partial charge in [0.15, 0.2) is 0 Å². The van der Waals surface area contributed by atoms with Crippen LogP contribution in [0.25, 0.3) is 11.1 Å². The molecule has 0 heteroatoms. The molecule has 0 spiro atoms. The molecule has 2 aromatic carbocycles. The number of allylic oxidation sites excluding steroid dienone is 1. The van der Waals surface area contributed by atoms with E-state index in [9.17, 15) is 0 Å². The molecular formula is C31H32. The van der Waals surface area contributed by atoms with E-state index >= 15 is 0 Å². The summed E-state index contributed by atoms with van der Waals surface area (Å²) in [6, 6.07) is 13.7. The molecule has 0 nitrogen and oxygen atoms in total. The molecule has 0 heterocycles. The molecule has 1 aliphatic rings. The molecule has 0 saturated carbocycles. The maximum atomic E-state index is 3.48. The highest BCUT2D eigenvalue weighted by atomic mass is 14.4. The first-order valence-corrected chi connectivity index (χ1v) is 11.5. The second-order valence-electron chi connectivity index (χ2n) is 8.55. The van der Waals surface area contributed by atoms with E-state index in [1.807, 2.05) is 0 Å². The molecule has 2 aromatic rings. The van der Waals surface area contributed by atoms with Gasteiger partial charge in [-0.15, -0.1) is 0 Å². The summed E-state index contributed by atoms with van der Waals surface area (Å²) in [5.74, 6) is 0. The molecule has 0 aliphatic heterocycles. The first-order chi connectivity index (χ1) is 15.1. The van der Waals surface area contributed by atoms with Crippen molar-refractivity contribution in [2.24, 2.45) is 0 Å². The van der Waals surface area contributed by atoms with Crippen molar-refractivity contribution in [1.82, 2.24) is 0 Å². The van der Waals surface area contributed by atoms with Crippen molar-refractivity contribution in [2.45, 2.75) is 71.1 Å². The minimum absolute atomic E-state index is 0.180. The van der Waals surface area contributed by atoms with Crippen LogP contribution in [0.1, 0.15) is 74.1 Å². The molecular weight excluding hydrogens is 372 g/mol. The van der Waals surface area contributed by atoms with Gasteiger partial charge in [-0.05, 0) is 78.1 Å². The Labute approximate surface area is 188 Å². The third kappa shape index (κ3) is 5.13. The lowest BCUT2D eigenvalue weighted by molar-refractivity contribution is 0.517. The number of hydrogen-bond donors (Lipinski definition) is 0. The zero-order chi connectivity index (χ0) is 22.1. The third-order valence-electron chi connectivity index (χ3n) is 6.19. The van der Waals surface area contributed by atoms with Gasteiger partial charge in [0.2, 0.25) is 0 Å². The Balaban J connectivity index is 2.13. The number of benzene rings is 2. The average molecular weight is 405 g/mol. The summed E-state index contributed by atoms with van der Waals surface area (Å²) in [5.41, 5.74) is 24.9. The standard InChI is InChI=1S/C31H32/c1-5-7-9-11-13-15-21-31(22-16-14-12-10-8-6-2)29-23-25(3)17-19-27(29)28-20-18-26(4)24-30(28)31/h17-21,23-24H,1,6,8,10,12,14,16,22H2,2-4H3. The second-order valence-corrected chi connectivity index (χ2v) is 8.55. The van der Waals surface area contributed by atoms with E-state index in [0.29, 0.717) is 0 Å². The van der Waals surface area contributed by atoms with Gasteiger partial charge in [-0.25, -0.2) is 0 Å². The summed E-state index contributed by atoms with van der Waals surface area (Å²) < 4.78 is 0. The molecule has 0 fully saturated rings. The summed E-state index contributed by atoms with van der Waals surface area (Å²) in [6.07, 6.45) is 11.0. The van der Waals surface area contributed by atoms with Gasteiger partial charge in [0.05, 0.1) is 0 Å². The summed E-state index contributed by atoms with van der Waals surface area (Å²) in [5, 5.41) is 0. The van der Waals surface area contributed by atoms with E-state index in [1.165, 1.54) is 71.9 Å². The zero-order valence-electron chi connectivity index (χ0n) is 19.2. The molecule has 156 valence electrons. The van der Waals surface area contributed by atoms with Crippen LogP contribution in [0, 0.1) is 13.8 Å². The number of hydrogen-bond acceptors (Lipinski definition) is 0. The van der Waals surface area contributed by atoms with E-state index in [4.69, 9.17) is 0 Å². The van der Waals surface area contributed by atoms with Crippen LogP contribution < -0.4 is 0 Å².